The van der Waals surface area contributed by atoms with Crippen LogP contribution in [-0.4, -0.2) is 12.1 Å². The lowest BCUT2D eigenvalue weighted by atomic mass is 10.0. The molecule has 0 aliphatic heterocycles. The summed E-state index contributed by atoms with van der Waals surface area (Å²) in [5, 5.41) is 6.23. The van der Waals surface area contributed by atoms with Crippen molar-refractivity contribution in [2.45, 2.75) is 13.3 Å². The van der Waals surface area contributed by atoms with Gasteiger partial charge in [-0.2, -0.15) is 5.10 Å². The van der Waals surface area contributed by atoms with E-state index in [1.807, 2.05) is 79.7 Å². The molecule has 4 rings (SSSR count). The van der Waals surface area contributed by atoms with E-state index >= 15 is 0 Å². The molecule has 1 N–H and O–H groups in total. The number of rotatable bonds is 5. The first-order chi connectivity index (χ1) is 14.1. The van der Waals surface area contributed by atoms with Crippen LogP contribution in [0.3, 0.4) is 0 Å². The van der Waals surface area contributed by atoms with E-state index in [4.69, 9.17) is 4.42 Å². The molecule has 0 saturated carbocycles. The Morgan fingerprint density at radius 3 is 2.76 bits per heavy atom. The molecule has 0 fully saturated rings. The summed E-state index contributed by atoms with van der Waals surface area (Å²) in [4.78, 5) is 12.3. The smallest absolute Gasteiger partial charge is 0.244 e. The average Bonchev–Trinajstić information content (AvgIpc) is 3.17. The topological polar surface area (TPSA) is 54.6 Å². The predicted molar refractivity (Wildman–Crippen MR) is 120 cm³/mol. The zero-order chi connectivity index (χ0) is 20.2. The number of nitrogens with zero attached hydrogens (tertiary/aromatic N) is 1. The van der Waals surface area contributed by atoms with Gasteiger partial charge >= 0.3 is 0 Å². The summed E-state index contributed by atoms with van der Waals surface area (Å²) in [6.07, 6.45) is 1.77. The van der Waals surface area contributed by atoms with Crippen molar-refractivity contribution in [3.05, 3.63) is 94.2 Å². The molecule has 144 valence electrons. The molecule has 4 aromatic rings. The molecule has 4 nitrogen and oxygen atoms in total. The van der Waals surface area contributed by atoms with Crippen LogP contribution in [0.5, 0.6) is 0 Å². The van der Waals surface area contributed by atoms with Crippen LogP contribution in [0, 0.1) is 6.92 Å². The van der Waals surface area contributed by atoms with E-state index in [-0.39, 0.29) is 12.3 Å². The van der Waals surface area contributed by atoms with Crippen molar-refractivity contribution in [2.75, 3.05) is 0 Å². The number of hydrogen-bond acceptors (Lipinski definition) is 3. The van der Waals surface area contributed by atoms with Gasteiger partial charge in [-0.1, -0.05) is 64.5 Å². The van der Waals surface area contributed by atoms with Gasteiger partial charge in [0.25, 0.3) is 0 Å². The molecule has 1 amide bonds. The molecule has 0 bridgehead atoms. The fourth-order valence-corrected chi connectivity index (χ4v) is 3.90. The highest BCUT2D eigenvalue weighted by Gasteiger charge is 2.09. The molecular weight excluding hydrogens is 428 g/mol. The van der Waals surface area contributed by atoms with Crippen molar-refractivity contribution in [3.8, 4) is 11.3 Å². The molecule has 5 heteroatoms. The number of benzene rings is 3. The lowest BCUT2D eigenvalue weighted by molar-refractivity contribution is -0.120. The number of furan rings is 1. The zero-order valence-electron chi connectivity index (χ0n) is 15.9. The molecular formula is C24H19BrN2O2. The molecule has 0 spiro atoms. The minimum atomic E-state index is -0.175. The van der Waals surface area contributed by atoms with Crippen LogP contribution in [0.15, 0.2) is 86.8 Å². The Hall–Kier alpha value is -3.18. The normalized spacial score (nSPS) is 11.2. The van der Waals surface area contributed by atoms with Crippen LogP contribution in [0.1, 0.15) is 16.9 Å². The summed E-state index contributed by atoms with van der Waals surface area (Å²) < 4.78 is 6.79. The molecule has 3 aromatic carbocycles. The van der Waals surface area contributed by atoms with Crippen LogP contribution < -0.4 is 5.43 Å². The number of nitrogens with one attached hydrogen (secondary N) is 1. The summed E-state index contributed by atoms with van der Waals surface area (Å²) in [6, 6.07) is 23.8. The second-order valence-electron chi connectivity index (χ2n) is 6.79. The molecule has 1 aromatic heterocycles. The number of carbonyl (C=O) groups excluding carboxylic acids is 1. The number of hydrogen-bond donors (Lipinski definition) is 1. The largest absolute Gasteiger partial charge is 0.455 e. The lowest BCUT2D eigenvalue weighted by Crippen LogP contribution is -2.19. The Morgan fingerprint density at radius 1 is 1.07 bits per heavy atom. The monoisotopic (exact) mass is 446 g/mol. The number of amides is 1. The molecule has 29 heavy (non-hydrogen) atoms. The number of fused-ring (bicyclic) bond motifs is 1. The van der Waals surface area contributed by atoms with Crippen molar-refractivity contribution < 1.29 is 9.21 Å². The van der Waals surface area contributed by atoms with Crippen molar-refractivity contribution >= 4 is 38.8 Å². The standard InChI is InChI=1S/C24H19BrN2O2/c1-16-9-11-21(22(25)13-16)23-12-10-19(29-23)15-26-27-24(28)14-18-7-4-6-17-5-2-3-8-20(17)18/h2-13,15H,14H2,1H3,(H,27,28)/b26-15-. The van der Waals surface area contributed by atoms with E-state index in [2.05, 4.69) is 26.5 Å². The fourth-order valence-electron chi connectivity index (χ4n) is 3.21. The Morgan fingerprint density at radius 2 is 1.90 bits per heavy atom. The molecule has 0 radical (unpaired) electrons. The summed E-state index contributed by atoms with van der Waals surface area (Å²) in [5.74, 6) is 1.13. The van der Waals surface area contributed by atoms with Gasteiger partial charge in [-0.3, -0.25) is 4.79 Å². The van der Waals surface area contributed by atoms with E-state index in [9.17, 15) is 4.79 Å². The maximum absolute atomic E-state index is 12.3. The van der Waals surface area contributed by atoms with Crippen LogP contribution >= 0.6 is 15.9 Å². The number of aryl methyl sites for hydroxylation is 1. The quantitative estimate of drug-likeness (QED) is 0.308. The van der Waals surface area contributed by atoms with Crippen molar-refractivity contribution in [1.29, 1.82) is 0 Å². The maximum Gasteiger partial charge on any atom is 0.244 e. The fraction of sp³-hybridized carbons (Fsp3) is 0.0833. The van der Waals surface area contributed by atoms with Gasteiger partial charge in [0.15, 0.2) is 0 Å². The minimum absolute atomic E-state index is 0.175. The van der Waals surface area contributed by atoms with Crippen molar-refractivity contribution in [2.24, 2.45) is 5.10 Å². The average molecular weight is 447 g/mol. The first-order valence-electron chi connectivity index (χ1n) is 9.25. The van der Waals surface area contributed by atoms with Crippen molar-refractivity contribution in [3.63, 3.8) is 0 Å². The first kappa shape index (κ1) is 19.2. The minimum Gasteiger partial charge on any atom is -0.455 e. The maximum atomic E-state index is 12.3. The van der Waals surface area contributed by atoms with Gasteiger partial charge < -0.3 is 4.42 Å². The SMILES string of the molecule is Cc1ccc(-c2ccc(/C=N\NC(=O)Cc3cccc4ccccc34)o2)c(Br)c1. The third-order valence-electron chi connectivity index (χ3n) is 4.63. The first-order valence-corrected chi connectivity index (χ1v) is 10.0. The van der Waals surface area contributed by atoms with Gasteiger partial charge in [0.2, 0.25) is 5.91 Å². The van der Waals surface area contributed by atoms with Crippen LogP contribution in [0.25, 0.3) is 22.1 Å². The van der Waals surface area contributed by atoms with Crippen LogP contribution in [0.4, 0.5) is 0 Å². The second-order valence-corrected chi connectivity index (χ2v) is 7.65. The third-order valence-corrected chi connectivity index (χ3v) is 5.28. The number of hydrazone groups is 1. The van der Waals surface area contributed by atoms with Gasteiger partial charge in [-0.25, -0.2) is 5.43 Å². The Labute approximate surface area is 177 Å². The number of halogens is 1. The summed E-state index contributed by atoms with van der Waals surface area (Å²) >= 11 is 3.56. The van der Waals surface area contributed by atoms with E-state index in [1.54, 1.807) is 0 Å². The molecule has 0 aliphatic rings. The van der Waals surface area contributed by atoms with E-state index in [0.717, 1.165) is 32.1 Å². The number of carbonyl (C=O) groups is 1. The van der Waals surface area contributed by atoms with Gasteiger partial charge in [0.1, 0.15) is 11.5 Å². The second kappa shape index (κ2) is 8.45. The predicted octanol–water partition coefficient (Wildman–Crippen LogP) is 5.86. The van der Waals surface area contributed by atoms with E-state index in [1.165, 1.54) is 11.8 Å². The summed E-state index contributed by atoms with van der Waals surface area (Å²) in [6.45, 7) is 2.04. The third kappa shape index (κ3) is 4.46. The summed E-state index contributed by atoms with van der Waals surface area (Å²) in [5.41, 5.74) is 5.68. The molecule has 0 aliphatic carbocycles. The van der Waals surface area contributed by atoms with Gasteiger partial charge in [0, 0.05) is 10.0 Å². The Bertz CT molecular complexity index is 1210. The van der Waals surface area contributed by atoms with Crippen molar-refractivity contribution in [1.82, 2.24) is 5.43 Å². The highest BCUT2D eigenvalue weighted by molar-refractivity contribution is 9.10. The van der Waals surface area contributed by atoms with Gasteiger partial charge in [-0.05, 0) is 53.1 Å². The Balaban J connectivity index is 1.41. The molecule has 0 saturated heterocycles. The van der Waals surface area contributed by atoms with Crippen LogP contribution in [0.2, 0.25) is 0 Å². The van der Waals surface area contributed by atoms with Gasteiger partial charge in [0.05, 0.1) is 12.6 Å². The van der Waals surface area contributed by atoms with E-state index in [0.29, 0.717) is 5.76 Å². The highest BCUT2D eigenvalue weighted by atomic mass is 79.9. The molecule has 1 heterocycles. The summed E-state index contributed by atoms with van der Waals surface area (Å²) in [7, 11) is 0. The Kier molecular flexibility index (Phi) is 5.58. The highest BCUT2D eigenvalue weighted by Crippen LogP contribution is 2.30. The zero-order valence-corrected chi connectivity index (χ0v) is 17.4. The van der Waals surface area contributed by atoms with Crippen LogP contribution in [-0.2, 0) is 11.2 Å². The molecule has 0 atom stereocenters. The lowest BCUT2D eigenvalue weighted by Gasteiger charge is -2.05. The van der Waals surface area contributed by atoms with E-state index < -0.39 is 0 Å². The molecule has 0 unspecified atom stereocenters. The van der Waals surface area contributed by atoms with Gasteiger partial charge in [-0.15, -0.1) is 0 Å².